The smallest absolute Gasteiger partial charge is 0.257 e. The SMILES string of the molecule is CSc1cccc(C(=O)Nc2nc3c(C)cc(Cl)cc3s2)c1. The monoisotopic (exact) mass is 348 g/mol. The quantitative estimate of drug-likeness (QED) is 0.659. The van der Waals surface area contributed by atoms with E-state index in [9.17, 15) is 4.79 Å². The van der Waals surface area contributed by atoms with Gasteiger partial charge in [0.2, 0.25) is 0 Å². The molecule has 1 N–H and O–H groups in total. The van der Waals surface area contributed by atoms with Crippen molar-refractivity contribution in [3.05, 3.63) is 52.5 Å². The zero-order valence-corrected chi connectivity index (χ0v) is 14.4. The lowest BCUT2D eigenvalue weighted by atomic mass is 10.2. The number of nitrogens with one attached hydrogen (secondary N) is 1. The lowest BCUT2D eigenvalue weighted by Gasteiger charge is -2.03. The van der Waals surface area contributed by atoms with Gasteiger partial charge in [0.15, 0.2) is 5.13 Å². The standard InChI is InChI=1S/C16H13ClN2OS2/c1-9-6-11(17)8-13-14(9)18-16(22-13)19-15(20)10-4-3-5-12(7-10)21-2/h3-8H,1-2H3,(H,18,19,20). The molecule has 2 aromatic carbocycles. The summed E-state index contributed by atoms with van der Waals surface area (Å²) in [6.07, 6.45) is 1.98. The highest BCUT2D eigenvalue weighted by atomic mass is 35.5. The maximum Gasteiger partial charge on any atom is 0.257 e. The first-order valence-corrected chi connectivity index (χ1v) is 9.01. The molecule has 0 spiro atoms. The Morgan fingerprint density at radius 2 is 2.14 bits per heavy atom. The minimum absolute atomic E-state index is 0.154. The largest absolute Gasteiger partial charge is 0.298 e. The number of hydrogen-bond donors (Lipinski definition) is 1. The van der Waals surface area contributed by atoms with Crippen LogP contribution >= 0.6 is 34.7 Å². The molecule has 1 aromatic heterocycles. The van der Waals surface area contributed by atoms with Gasteiger partial charge in [-0.25, -0.2) is 4.98 Å². The summed E-state index contributed by atoms with van der Waals surface area (Å²) < 4.78 is 0.971. The van der Waals surface area contributed by atoms with Gasteiger partial charge in [-0.15, -0.1) is 11.8 Å². The number of carbonyl (C=O) groups is 1. The van der Waals surface area contributed by atoms with Crippen molar-refractivity contribution in [3.8, 4) is 0 Å². The first-order valence-electron chi connectivity index (χ1n) is 6.59. The number of halogens is 1. The summed E-state index contributed by atoms with van der Waals surface area (Å²) in [5, 5.41) is 4.12. The fourth-order valence-electron chi connectivity index (χ4n) is 2.14. The van der Waals surface area contributed by atoms with Crippen molar-refractivity contribution in [2.45, 2.75) is 11.8 Å². The number of amides is 1. The van der Waals surface area contributed by atoms with E-state index in [4.69, 9.17) is 11.6 Å². The van der Waals surface area contributed by atoms with Crippen LogP contribution in [0.1, 0.15) is 15.9 Å². The van der Waals surface area contributed by atoms with Crippen molar-refractivity contribution < 1.29 is 4.79 Å². The number of fused-ring (bicyclic) bond motifs is 1. The van der Waals surface area contributed by atoms with Crippen LogP contribution in [0.3, 0.4) is 0 Å². The van der Waals surface area contributed by atoms with E-state index in [0.29, 0.717) is 15.7 Å². The van der Waals surface area contributed by atoms with Crippen molar-refractivity contribution in [1.29, 1.82) is 0 Å². The highest BCUT2D eigenvalue weighted by Crippen LogP contribution is 2.31. The van der Waals surface area contributed by atoms with Gasteiger partial charge in [-0.3, -0.25) is 10.1 Å². The predicted molar refractivity (Wildman–Crippen MR) is 95.5 cm³/mol. The summed E-state index contributed by atoms with van der Waals surface area (Å²) in [6.45, 7) is 1.96. The van der Waals surface area contributed by atoms with Gasteiger partial charge in [-0.2, -0.15) is 0 Å². The van der Waals surface area contributed by atoms with E-state index in [1.807, 2.05) is 43.5 Å². The second-order valence-corrected chi connectivity index (χ2v) is 7.12. The number of thioether (sulfide) groups is 1. The van der Waals surface area contributed by atoms with E-state index in [-0.39, 0.29) is 5.91 Å². The van der Waals surface area contributed by atoms with Crippen LogP contribution in [-0.2, 0) is 0 Å². The van der Waals surface area contributed by atoms with Crippen LogP contribution in [0.4, 0.5) is 5.13 Å². The fourth-order valence-corrected chi connectivity index (χ4v) is 3.92. The van der Waals surface area contributed by atoms with Crippen LogP contribution in [0.25, 0.3) is 10.2 Å². The summed E-state index contributed by atoms with van der Waals surface area (Å²) in [4.78, 5) is 17.9. The lowest BCUT2D eigenvalue weighted by molar-refractivity contribution is 0.102. The van der Waals surface area contributed by atoms with E-state index in [1.54, 1.807) is 17.8 Å². The van der Waals surface area contributed by atoms with Gasteiger partial charge in [-0.05, 0) is 49.1 Å². The van der Waals surface area contributed by atoms with Crippen LogP contribution < -0.4 is 5.32 Å². The molecule has 3 aromatic rings. The normalized spacial score (nSPS) is 10.9. The Kier molecular flexibility index (Phi) is 4.38. The molecule has 0 unspecified atom stereocenters. The van der Waals surface area contributed by atoms with E-state index in [2.05, 4.69) is 10.3 Å². The van der Waals surface area contributed by atoms with Gasteiger partial charge < -0.3 is 0 Å². The number of aromatic nitrogens is 1. The molecule has 22 heavy (non-hydrogen) atoms. The number of hydrogen-bond acceptors (Lipinski definition) is 4. The molecule has 0 aliphatic heterocycles. The summed E-state index contributed by atoms with van der Waals surface area (Å²) in [5.74, 6) is -0.154. The zero-order valence-electron chi connectivity index (χ0n) is 12.0. The summed E-state index contributed by atoms with van der Waals surface area (Å²) in [6, 6.07) is 11.3. The first kappa shape index (κ1) is 15.3. The minimum Gasteiger partial charge on any atom is -0.298 e. The molecule has 112 valence electrons. The third-order valence-electron chi connectivity index (χ3n) is 3.20. The second-order valence-electron chi connectivity index (χ2n) is 4.77. The molecular weight excluding hydrogens is 336 g/mol. The molecule has 1 heterocycles. The number of nitrogens with zero attached hydrogens (tertiary/aromatic N) is 1. The maximum atomic E-state index is 12.3. The number of thiazole rings is 1. The molecule has 6 heteroatoms. The molecule has 0 aliphatic carbocycles. The summed E-state index contributed by atoms with van der Waals surface area (Å²) >= 11 is 9.09. The Morgan fingerprint density at radius 3 is 2.91 bits per heavy atom. The molecule has 3 nitrogen and oxygen atoms in total. The number of benzene rings is 2. The van der Waals surface area contributed by atoms with Crippen LogP contribution in [0.2, 0.25) is 5.02 Å². The van der Waals surface area contributed by atoms with E-state index < -0.39 is 0 Å². The van der Waals surface area contributed by atoms with Crippen LogP contribution in [0, 0.1) is 6.92 Å². The lowest BCUT2D eigenvalue weighted by Crippen LogP contribution is -2.11. The van der Waals surface area contributed by atoms with Crippen molar-refractivity contribution in [3.63, 3.8) is 0 Å². The Bertz CT molecular complexity index is 860. The van der Waals surface area contributed by atoms with Crippen LogP contribution in [-0.4, -0.2) is 17.1 Å². The third kappa shape index (κ3) is 3.11. The molecular formula is C16H13ClN2OS2. The van der Waals surface area contributed by atoms with Crippen molar-refractivity contribution in [2.75, 3.05) is 11.6 Å². The molecule has 3 rings (SSSR count). The number of carbonyl (C=O) groups excluding carboxylic acids is 1. The van der Waals surface area contributed by atoms with Crippen molar-refractivity contribution >= 4 is 56.0 Å². The minimum atomic E-state index is -0.154. The van der Waals surface area contributed by atoms with Gasteiger partial charge in [0.25, 0.3) is 5.91 Å². The number of anilines is 1. The molecule has 1 amide bonds. The van der Waals surface area contributed by atoms with E-state index >= 15 is 0 Å². The fraction of sp³-hybridized carbons (Fsp3) is 0.125. The number of rotatable bonds is 3. The first-order chi connectivity index (χ1) is 10.6. The second kappa shape index (κ2) is 6.28. The Morgan fingerprint density at radius 1 is 1.32 bits per heavy atom. The van der Waals surface area contributed by atoms with Crippen molar-refractivity contribution in [2.24, 2.45) is 0 Å². The average molecular weight is 349 g/mol. The molecule has 0 radical (unpaired) electrons. The highest BCUT2D eigenvalue weighted by molar-refractivity contribution is 7.98. The summed E-state index contributed by atoms with van der Waals surface area (Å²) in [5.41, 5.74) is 2.51. The summed E-state index contributed by atoms with van der Waals surface area (Å²) in [7, 11) is 0. The van der Waals surface area contributed by atoms with E-state index in [0.717, 1.165) is 20.7 Å². The van der Waals surface area contributed by atoms with Gasteiger partial charge in [0, 0.05) is 15.5 Å². The molecule has 0 atom stereocenters. The van der Waals surface area contributed by atoms with Gasteiger partial charge in [0.05, 0.1) is 10.2 Å². The van der Waals surface area contributed by atoms with Gasteiger partial charge >= 0.3 is 0 Å². The highest BCUT2D eigenvalue weighted by Gasteiger charge is 2.12. The van der Waals surface area contributed by atoms with Crippen LogP contribution in [0.5, 0.6) is 0 Å². The van der Waals surface area contributed by atoms with Gasteiger partial charge in [-0.1, -0.05) is 29.0 Å². The van der Waals surface area contributed by atoms with Crippen LogP contribution in [0.15, 0.2) is 41.3 Å². The molecule has 0 bridgehead atoms. The maximum absolute atomic E-state index is 12.3. The topological polar surface area (TPSA) is 42.0 Å². The molecule has 0 aliphatic rings. The molecule has 0 fully saturated rings. The zero-order chi connectivity index (χ0) is 15.7. The third-order valence-corrected chi connectivity index (χ3v) is 5.06. The predicted octanol–water partition coefficient (Wildman–Crippen LogP) is 5.23. The molecule has 0 saturated carbocycles. The number of aryl methyl sites for hydroxylation is 1. The van der Waals surface area contributed by atoms with E-state index in [1.165, 1.54) is 11.3 Å². The Hall–Kier alpha value is -1.56. The van der Waals surface area contributed by atoms with Crippen molar-refractivity contribution in [1.82, 2.24) is 4.98 Å². The van der Waals surface area contributed by atoms with Gasteiger partial charge in [0.1, 0.15) is 0 Å². The Balaban J connectivity index is 1.89. The average Bonchev–Trinajstić information content (AvgIpc) is 2.90. The Labute approximate surface area is 141 Å². The molecule has 0 saturated heterocycles.